The van der Waals surface area contributed by atoms with Gasteiger partial charge in [-0.25, -0.2) is 0 Å². The van der Waals surface area contributed by atoms with Crippen LogP contribution in [-0.4, -0.2) is 15.1 Å². The third-order valence-corrected chi connectivity index (χ3v) is 3.03. The van der Waals surface area contributed by atoms with Crippen molar-refractivity contribution < 1.29 is 4.52 Å². The largest absolute Gasteiger partial charge is 0.356 e. The summed E-state index contributed by atoms with van der Waals surface area (Å²) in [6.07, 6.45) is 1.56. The molecule has 7 heteroatoms. The second kappa shape index (κ2) is 5.00. The van der Waals surface area contributed by atoms with E-state index in [0.29, 0.717) is 32.7 Å². The number of rotatable bonds is 2. The van der Waals surface area contributed by atoms with Gasteiger partial charge in [0.2, 0.25) is 5.82 Å². The van der Waals surface area contributed by atoms with E-state index in [2.05, 4.69) is 15.1 Å². The molecule has 1 N–H and O–H groups in total. The zero-order chi connectivity index (χ0) is 14.1. The first-order chi connectivity index (χ1) is 9.65. The van der Waals surface area contributed by atoms with E-state index in [1.807, 2.05) is 6.07 Å². The molecule has 2 heterocycles. The molecule has 0 saturated carbocycles. The van der Waals surface area contributed by atoms with Crippen molar-refractivity contribution in [3.63, 3.8) is 0 Å². The van der Waals surface area contributed by atoms with Crippen LogP contribution in [0.5, 0.6) is 0 Å². The smallest absolute Gasteiger partial charge is 0.274 e. The Kier molecular flexibility index (Phi) is 3.18. The highest BCUT2D eigenvalue weighted by atomic mass is 35.5. The van der Waals surface area contributed by atoms with Gasteiger partial charge in [0.15, 0.2) is 0 Å². The molecule has 98 valence electrons. The van der Waals surface area contributed by atoms with Gasteiger partial charge >= 0.3 is 0 Å². The zero-order valence-electron chi connectivity index (χ0n) is 9.89. The van der Waals surface area contributed by atoms with Crippen molar-refractivity contribution in [2.45, 2.75) is 0 Å². The van der Waals surface area contributed by atoms with Crippen LogP contribution in [0, 0.1) is 11.3 Å². The maximum Gasteiger partial charge on any atom is 0.274 e. The summed E-state index contributed by atoms with van der Waals surface area (Å²) in [5.74, 6) is 0.662. The number of nitriles is 1. The number of nitrogens with zero attached hydrogens (tertiary/aromatic N) is 3. The van der Waals surface area contributed by atoms with Gasteiger partial charge in [0.25, 0.3) is 5.89 Å². The lowest BCUT2D eigenvalue weighted by molar-refractivity contribution is 0.431. The minimum absolute atomic E-state index is 0.289. The van der Waals surface area contributed by atoms with Crippen molar-refractivity contribution in [2.24, 2.45) is 0 Å². The third-order valence-electron chi connectivity index (χ3n) is 2.59. The summed E-state index contributed by atoms with van der Waals surface area (Å²) >= 11 is 11.9. The van der Waals surface area contributed by atoms with Crippen molar-refractivity contribution in [1.29, 1.82) is 5.26 Å². The Morgan fingerprint density at radius 2 is 1.90 bits per heavy atom. The van der Waals surface area contributed by atoms with Gasteiger partial charge in [-0.3, -0.25) is 0 Å². The molecule has 0 bridgehead atoms. The predicted octanol–water partition coefficient (Wildman–Crippen LogP) is 3.91. The van der Waals surface area contributed by atoms with Gasteiger partial charge < -0.3 is 9.51 Å². The quantitative estimate of drug-likeness (QED) is 0.778. The average Bonchev–Trinajstić information content (AvgIpc) is 3.06. The van der Waals surface area contributed by atoms with E-state index in [9.17, 15) is 0 Å². The Labute approximate surface area is 123 Å². The Morgan fingerprint density at radius 1 is 1.15 bits per heavy atom. The van der Waals surface area contributed by atoms with Crippen molar-refractivity contribution in [2.75, 3.05) is 0 Å². The summed E-state index contributed by atoms with van der Waals surface area (Å²) in [6, 6.07) is 8.65. The maximum atomic E-state index is 8.78. The number of aromatic nitrogens is 3. The summed E-state index contributed by atoms with van der Waals surface area (Å²) in [6.45, 7) is 0. The number of nitrogens with one attached hydrogen (secondary N) is 1. The highest BCUT2D eigenvalue weighted by molar-refractivity contribution is 6.35. The third kappa shape index (κ3) is 2.39. The number of H-pyrrole nitrogens is 1. The molecule has 0 aliphatic heterocycles. The Morgan fingerprint density at radius 3 is 2.55 bits per heavy atom. The molecule has 0 fully saturated rings. The molecular formula is C13H6Cl2N4O. The van der Waals surface area contributed by atoms with E-state index in [4.69, 9.17) is 33.0 Å². The van der Waals surface area contributed by atoms with E-state index in [-0.39, 0.29) is 5.89 Å². The van der Waals surface area contributed by atoms with Gasteiger partial charge in [0, 0.05) is 21.8 Å². The molecule has 1 aromatic carbocycles. The topological polar surface area (TPSA) is 78.5 Å². The van der Waals surface area contributed by atoms with Crippen LogP contribution in [0.25, 0.3) is 23.0 Å². The van der Waals surface area contributed by atoms with Crippen LogP contribution in [0.2, 0.25) is 10.0 Å². The second-order valence-corrected chi connectivity index (χ2v) is 4.87. The van der Waals surface area contributed by atoms with Crippen molar-refractivity contribution in [1.82, 2.24) is 15.1 Å². The first-order valence-electron chi connectivity index (χ1n) is 5.55. The maximum absolute atomic E-state index is 8.78. The predicted molar refractivity (Wildman–Crippen MR) is 74.3 cm³/mol. The minimum Gasteiger partial charge on any atom is -0.356 e. The summed E-state index contributed by atoms with van der Waals surface area (Å²) < 4.78 is 5.15. The molecule has 3 rings (SSSR count). The first kappa shape index (κ1) is 12.7. The normalized spacial score (nSPS) is 10.4. The summed E-state index contributed by atoms with van der Waals surface area (Å²) in [5, 5.41) is 13.6. The van der Waals surface area contributed by atoms with Crippen LogP contribution in [0.4, 0.5) is 0 Å². The standard InChI is InChI=1S/C13H6Cl2N4O/c14-9-2-8(3-10(15)4-9)12-18-13(20-19-12)11-1-7(5-16)6-17-11/h1-4,6,17H. The molecular weight excluding hydrogens is 299 g/mol. The molecule has 0 aliphatic rings. The van der Waals surface area contributed by atoms with Gasteiger partial charge in [0.1, 0.15) is 11.8 Å². The lowest BCUT2D eigenvalue weighted by atomic mass is 10.2. The van der Waals surface area contributed by atoms with Crippen molar-refractivity contribution in [3.8, 4) is 29.0 Å². The molecule has 2 aromatic heterocycles. The number of hydrogen-bond acceptors (Lipinski definition) is 4. The Hall–Kier alpha value is -2.29. The Balaban J connectivity index is 1.99. The molecule has 20 heavy (non-hydrogen) atoms. The van der Waals surface area contributed by atoms with Crippen molar-refractivity contribution >= 4 is 23.2 Å². The molecule has 0 saturated heterocycles. The van der Waals surface area contributed by atoms with Gasteiger partial charge in [-0.2, -0.15) is 10.2 Å². The van der Waals surface area contributed by atoms with Crippen LogP contribution in [-0.2, 0) is 0 Å². The van der Waals surface area contributed by atoms with Gasteiger partial charge in [-0.15, -0.1) is 0 Å². The summed E-state index contributed by atoms with van der Waals surface area (Å²) in [5.41, 5.74) is 1.73. The highest BCUT2D eigenvalue weighted by Gasteiger charge is 2.13. The molecule has 0 spiro atoms. The minimum atomic E-state index is 0.289. The fraction of sp³-hybridized carbons (Fsp3) is 0. The van der Waals surface area contributed by atoms with Gasteiger partial charge in [0.05, 0.1) is 5.56 Å². The van der Waals surface area contributed by atoms with E-state index in [1.165, 1.54) is 0 Å². The molecule has 3 aromatic rings. The lowest BCUT2D eigenvalue weighted by Crippen LogP contribution is -1.82. The number of benzene rings is 1. The Bertz CT molecular complexity index is 796. The van der Waals surface area contributed by atoms with E-state index >= 15 is 0 Å². The molecule has 0 atom stereocenters. The number of hydrogen-bond donors (Lipinski definition) is 1. The summed E-state index contributed by atoms with van der Waals surface area (Å²) in [7, 11) is 0. The average molecular weight is 305 g/mol. The first-order valence-corrected chi connectivity index (χ1v) is 6.30. The zero-order valence-corrected chi connectivity index (χ0v) is 11.4. The van der Waals surface area contributed by atoms with Gasteiger partial charge in [-0.05, 0) is 24.3 Å². The lowest BCUT2D eigenvalue weighted by Gasteiger charge is -1.96. The highest BCUT2D eigenvalue weighted by Crippen LogP contribution is 2.27. The van der Waals surface area contributed by atoms with Crippen molar-refractivity contribution in [3.05, 3.63) is 46.1 Å². The SMILES string of the molecule is N#Cc1c[nH]c(-c2nc(-c3cc(Cl)cc(Cl)c3)no2)c1. The molecule has 0 aliphatic carbocycles. The fourth-order valence-corrected chi connectivity index (χ4v) is 2.24. The second-order valence-electron chi connectivity index (χ2n) is 4.00. The molecule has 0 amide bonds. The van der Waals surface area contributed by atoms with E-state index in [0.717, 1.165) is 0 Å². The van der Waals surface area contributed by atoms with Crippen LogP contribution < -0.4 is 0 Å². The summed E-state index contributed by atoms with van der Waals surface area (Å²) in [4.78, 5) is 7.13. The van der Waals surface area contributed by atoms with Crippen LogP contribution >= 0.6 is 23.2 Å². The van der Waals surface area contributed by atoms with Crippen LogP contribution in [0.15, 0.2) is 35.0 Å². The van der Waals surface area contributed by atoms with Gasteiger partial charge in [-0.1, -0.05) is 28.4 Å². The number of aromatic amines is 1. The molecule has 0 radical (unpaired) electrons. The van der Waals surface area contributed by atoms with E-state index in [1.54, 1.807) is 30.5 Å². The number of halogens is 2. The fourth-order valence-electron chi connectivity index (χ4n) is 1.72. The van der Waals surface area contributed by atoms with Crippen LogP contribution in [0.1, 0.15) is 5.56 Å². The molecule has 5 nitrogen and oxygen atoms in total. The molecule has 0 unspecified atom stereocenters. The monoisotopic (exact) mass is 304 g/mol. The van der Waals surface area contributed by atoms with E-state index < -0.39 is 0 Å². The van der Waals surface area contributed by atoms with Crippen LogP contribution in [0.3, 0.4) is 0 Å².